The minimum absolute atomic E-state index is 0.241. The molecule has 2 N–H and O–H groups in total. The molecule has 3 aromatic rings. The first-order chi connectivity index (χ1) is 14.0. The van der Waals surface area contributed by atoms with E-state index in [2.05, 4.69) is 20.6 Å². The molecule has 0 bridgehead atoms. The number of anilines is 1. The molecule has 0 aliphatic carbocycles. The van der Waals surface area contributed by atoms with Gasteiger partial charge in [-0.1, -0.05) is 30.0 Å². The highest BCUT2D eigenvalue weighted by Gasteiger charge is 2.24. The van der Waals surface area contributed by atoms with E-state index in [0.717, 1.165) is 30.3 Å². The summed E-state index contributed by atoms with van der Waals surface area (Å²) in [7, 11) is 0. The summed E-state index contributed by atoms with van der Waals surface area (Å²) in [5, 5.41) is 5.83. The Morgan fingerprint density at radius 2 is 2.21 bits per heavy atom. The van der Waals surface area contributed by atoms with Gasteiger partial charge in [-0.05, 0) is 31.1 Å². The Hall–Kier alpha value is -2.98. The van der Waals surface area contributed by atoms with E-state index in [9.17, 15) is 9.59 Å². The van der Waals surface area contributed by atoms with Crippen LogP contribution in [0.15, 0.2) is 46.8 Å². The van der Waals surface area contributed by atoms with Crippen molar-refractivity contribution in [3.63, 3.8) is 0 Å². The molecule has 4 heterocycles. The van der Waals surface area contributed by atoms with E-state index in [0.29, 0.717) is 32.8 Å². The van der Waals surface area contributed by atoms with Crippen molar-refractivity contribution in [1.82, 2.24) is 24.3 Å². The standard InChI is InChI=1S/C19H18N6O2S2/c1-12-4-2-8-25-16(12)22-15(21-5-3-7-24-9-6-20-11-24)13(18(25)27)10-14-17(26)23-19(28)29-14/h2,4,6,8-11,21H,3,5,7H2,1H3,(H,23,26,28). The number of pyridine rings is 1. The van der Waals surface area contributed by atoms with Gasteiger partial charge in [0.25, 0.3) is 11.5 Å². The van der Waals surface area contributed by atoms with E-state index >= 15 is 0 Å². The van der Waals surface area contributed by atoms with Crippen molar-refractivity contribution in [1.29, 1.82) is 0 Å². The zero-order chi connectivity index (χ0) is 20.4. The van der Waals surface area contributed by atoms with Crippen LogP contribution in [0.2, 0.25) is 0 Å². The molecule has 8 nitrogen and oxygen atoms in total. The summed E-state index contributed by atoms with van der Waals surface area (Å²) in [5.74, 6) is 0.147. The lowest BCUT2D eigenvalue weighted by molar-refractivity contribution is -0.115. The first-order valence-corrected chi connectivity index (χ1v) is 10.2. The Kier molecular flexibility index (Phi) is 5.45. The van der Waals surface area contributed by atoms with Gasteiger partial charge in [0.05, 0.1) is 16.8 Å². The van der Waals surface area contributed by atoms with Crippen LogP contribution in [0.25, 0.3) is 11.7 Å². The monoisotopic (exact) mass is 426 g/mol. The van der Waals surface area contributed by atoms with Crippen molar-refractivity contribution >= 4 is 51.7 Å². The van der Waals surface area contributed by atoms with Gasteiger partial charge in [0.15, 0.2) is 0 Å². The van der Waals surface area contributed by atoms with Crippen LogP contribution < -0.4 is 16.2 Å². The van der Waals surface area contributed by atoms with Gasteiger partial charge in [0.2, 0.25) is 0 Å². The van der Waals surface area contributed by atoms with Crippen LogP contribution in [0.1, 0.15) is 17.5 Å². The Balaban J connectivity index is 1.69. The first-order valence-electron chi connectivity index (χ1n) is 8.99. The number of rotatable bonds is 6. The van der Waals surface area contributed by atoms with Gasteiger partial charge in [-0.15, -0.1) is 0 Å². The maximum atomic E-state index is 13.1. The zero-order valence-electron chi connectivity index (χ0n) is 15.6. The number of nitrogens with one attached hydrogen (secondary N) is 2. The predicted molar refractivity (Wildman–Crippen MR) is 118 cm³/mol. The average molecular weight is 427 g/mol. The number of carbonyl (C=O) groups is 1. The summed E-state index contributed by atoms with van der Waals surface area (Å²) in [5.41, 5.74) is 1.56. The molecule has 0 radical (unpaired) electrons. The SMILES string of the molecule is Cc1cccn2c(=O)c(C=C3SC(=S)NC3=O)c(NCCCn3ccnc3)nc12. The molecule has 1 aliphatic rings. The fraction of sp³-hybridized carbons (Fsp3) is 0.211. The van der Waals surface area contributed by atoms with Crippen molar-refractivity contribution in [2.24, 2.45) is 0 Å². The fourth-order valence-electron chi connectivity index (χ4n) is 3.02. The van der Waals surface area contributed by atoms with Crippen LogP contribution in [0.3, 0.4) is 0 Å². The fourth-order valence-corrected chi connectivity index (χ4v) is 4.04. The molecule has 148 valence electrons. The largest absolute Gasteiger partial charge is 0.369 e. The topological polar surface area (TPSA) is 93.3 Å². The van der Waals surface area contributed by atoms with Gasteiger partial charge in [0, 0.05) is 31.7 Å². The Morgan fingerprint density at radius 3 is 2.93 bits per heavy atom. The number of thiocarbonyl (C=S) groups is 1. The molecule has 1 aliphatic heterocycles. The minimum Gasteiger partial charge on any atom is -0.369 e. The number of thioether (sulfide) groups is 1. The number of amides is 1. The summed E-state index contributed by atoms with van der Waals surface area (Å²) in [4.78, 5) is 34.3. The number of hydrogen-bond acceptors (Lipinski definition) is 7. The highest BCUT2D eigenvalue weighted by atomic mass is 32.2. The van der Waals surface area contributed by atoms with E-state index in [1.807, 2.05) is 23.8 Å². The zero-order valence-corrected chi connectivity index (χ0v) is 17.2. The molecular formula is C19H18N6O2S2. The summed E-state index contributed by atoms with van der Waals surface area (Å²) in [6.45, 7) is 3.31. The molecular weight excluding hydrogens is 408 g/mol. The van der Waals surface area contributed by atoms with Crippen LogP contribution >= 0.6 is 24.0 Å². The van der Waals surface area contributed by atoms with Gasteiger partial charge in [-0.25, -0.2) is 9.97 Å². The Morgan fingerprint density at radius 1 is 1.34 bits per heavy atom. The molecule has 0 unspecified atom stereocenters. The average Bonchev–Trinajstić information content (AvgIpc) is 3.31. The second-order valence-electron chi connectivity index (χ2n) is 6.50. The molecule has 0 spiro atoms. The number of nitrogens with zero attached hydrogens (tertiary/aromatic N) is 4. The van der Waals surface area contributed by atoms with Gasteiger partial charge in [0.1, 0.15) is 15.8 Å². The van der Waals surface area contributed by atoms with Crippen molar-refractivity contribution in [2.45, 2.75) is 19.9 Å². The number of hydrogen-bond donors (Lipinski definition) is 2. The molecule has 0 atom stereocenters. The molecule has 1 fully saturated rings. The van der Waals surface area contributed by atoms with Crippen LogP contribution in [0.4, 0.5) is 5.82 Å². The summed E-state index contributed by atoms with van der Waals surface area (Å²) in [6.07, 6.45) is 9.45. The van der Waals surface area contributed by atoms with Crippen molar-refractivity contribution in [3.05, 3.63) is 63.4 Å². The molecule has 0 saturated carbocycles. The molecule has 4 rings (SSSR count). The lowest BCUT2D eigenvalue weighted by atomic mass is 10.2. The highest BCUT2D eigenvalue weighted by molar-refractivity contribution is 8.26. The van der Waals surface area contributed by atoms with E-state index in [1.165, 1.54) is 4.40 Å². The quantitative estimate of drug-likeness (QED) is 0.355. The van der Waals surface area contributed by atoms with Crippen molar-refractivity contribution in [2.75, 3.05) is 11.9 Å². The van der Waals surface area contributed by atoms with Crippen LogP contribution in [0.5, 0.6) is 0 Å². The highest BCUT2D eigenvalue weighted by Crippen LogP contribution is 2.27. The Labute approximate surface area is 176 Å². The maximum Gasteiger partial charge on any atom is 0.267 e. The molecule has 29 heavy (non-hydrogen) atoms. The number of aromatic nitrogens is 4. The van der Waals surface area contributed by atoms with Crippen molar-refractivity contribution in [3.8, 4) is 0 Å². The minimum atomic E-state index is -0.306. The third kappa shape index (κ3) is 4.08. The van der Waals surface area contributed by atoms with E-state index < -0.39 is 0 Å². The number of fused-ring (bicyclic) bond motifs is 1. The molecule has 1 saturated heterocycles. The number of aryl methyl sites for hydroxylation is 2. The molecule has 1 amide bonds. The predicted octanol–water partition coefficient (Wildman–Crippen LogP) is 2.19. The normalized spacial score (nSPS) is 15.3. The van der Waals surface area contributed by atoms with Gasteiger partial charge in [-0.2, -0.15) is 0 Å². The summed E-state index contributed by atoms with van der Waals surface area (Å²) in [6, 6.07) is 3.70. The number of imidazole rings is 1. The van der Waals surface area contributed by atoms with Crippen LogP contribution in [-0.4, -0.2) is 35.7 Å². The molecule has 0 aromatic carbocycles. The van der Waals surface area contributed by atoms with E-state index in [-0.39, 0.29) is 11.5 Å². The van der Waals surface area contributed by atoms with E-state index in [1.54, 1.807) is 30.9 Å². The lowest BCUT2D eigenvalue weighted by Gasteiger charge is -2.12. The smallest absolute Gasteiger partial charge is 0.267 e. The lowest BCUT2D eigenvalue weighted by Crippen LogP contribution is -2.22. The Bertz CT molecular complexity index is 1180. The second kappa shape index (κ2) is 8.18. The second-order valence-corrected chi connectivity index (χ2v) is 8.22. The van der Waals surface area contributed by atoms with Crippen molar-refractivity contribution < 1.29 is 4.79 Å². The molecule has 3 aromatic heterocycles. The molecule has 10 heteroatoms. The van der Waals surface area contributed by atoms with Gasteiger partial charge < -0.3 is 15.2 Å². The van der Waals surface area contributed by atoms with Crippen LogP contribution in [-0.2, 0) is 11.3 Å². The van der Waals surface area contributed by atoms with Gasteiger partial charge in [-0.3, -0.25) is 14.0 Å². The van der Waals surface area contributed by atoms with Crippen LogP contribution in [0, 0.1) is 6.92 Å². The third-order valence-corrected chi connectivity index (χ3v) is 5.61. The van der Waals surface area contributed by atoms with E-state index in [4.69, 9.17) is 12.2 Å². The third-order valence-electron chi connectivity index (χ3n) is 4.45. The number of carbonyl (C=O) groups excluding carboxylic acids is 1. The maximum absolute atomic E-state index is 13.1. The first kappa shape index (κ1) is 19.3. The summed E-state index contributed by atoms with van der Waals surface area (Å²) < 4.78 is 3.85. The summed E-state index contributed by atoms with van der Waals surface area (Å²) >= 11 is 6.18. The van der Waals surface area contributed by atoms with Gasteiger partial charge >= 0.3 is 0 Å².